The van der Waals surface area contributed by atoms with Gasteiger partial charge in [0.2, 0.25) is 0 Å². The SMILES string of the molecule is C[CH]OC(=O)COc1ccccc1. The zero-order chi connectivity index (χ0) is 9.52. The van der Waals surface area contributed by atoms with Gasteiger partial charge in [-0.25, -0.2) is 4.79 Å². The second kappa shape index (κ2) is 5.19. The Morgan fingerprint density at radius 3 is 2.69 bits per heavy atom. The van der Waals surface area contributed by atoms with Gasteiger partial charge in [0.05, 0.1) is 0 Å². The van der Waals surface area contributed by atoms with Crippen LogP contribution in [0.1, 0.15) is 6.92 Å². The summed E-state index contributed by atoms with van der Waals surface area (Å²) in [4.78, 5) is 10.8. The molecule has 1 aromatic carbocycles. The number of rotatable bonds is 4. The summed E-state index contributed by atoms with van der Waals surface area (Å²) in [7, 11) is 0. The van der Waals surface area contributed by atoms with E-state index in [4.69, 9.17) is 4.74 Å². The van der Waals surface area contributed by atoms with Crippen LogP contribution in [-0.4, -0.2) is 12.6 Å². The van der Waals surface area contributed by atoms with Crippen LogP contribution in [-0.2, 0) is 9.53 Å². The fraction of sp³-hybridized carbons (Fsp3) is 0.200. The molecule has 0 N–H and O–H groups in total. The molecule has 0 aliphatic carbocycles. The highest BCUT2D eigenvalue weighted by atomic mass is 16.6. The van der Waals surface area contributed by atoms with Gasteiger partial charge in [-0.3, -0.25) is 0 Å². The first-order valence-corrected chi connectivity index (χ1v) is 3.98. The van der Waals surface area contributed by atoms with Gasteiger partial charge >= 0.3 is 5.97 Å². The second-order valence-corrected chi connectivity index (χ2v) is 2.33. The van der Waals surface area contributed by atoms with Crippen LogP contribution in [0.2, 0.25) is 0 Å². The minimum Gasteiger partial charge on any atom is -0.482 e. The van der Waals surface area contributed by atoms with E-state index in [2.05, 4.69) is 4.74 Å². The Hall–Kier alpha value is -1.51. The minimum atomic E-state index is -0.397. The molecule has 1 rings (SSSR count). The molecule has 1 radical (unpaired) electrons. The lowest BCUT2D eigenvalue weighted by atomic mass is 10.3. The van der Waals surface area contributed by atoms with E-state index in [1.165, 1.54) is 6.61 Å². The number of benzene rings is 1. The summed E-state index contributed by atoms with van der Waals surface area (Å²) >= 11 is 0. The number of hydrogen-bond donors (Lipinski definition) is 0. The van der Waals surface area contributed by atoms with Crippen molar-refractivity contribution in [2.75, 3.05) is 6.61 Å². The van der Waals surface area contributed by atoms with Crippen molar-refractivity contribution < 1.29 is 14.3 Å². The van der Waals surface area contributed by atoms with Crippen LogP contribution in [0.25, 0.3) is 0 Å². The molecule has 13 heavy (non-hydrogen) atoms. The Labute approximate surface area is 77.3 Å². The van der Waals surface area contributed by atoms with Crippen LogP contribution in [0.5, 0.6) is 5.75 Å². The molecule has 0 atom stereocenters. The Morgan fingerprint density at radius 2 is 2.08 bits per heavy atom. The first-order chi connectivity index (χ1) is 6.33. The highest BCUT2D eigenvalue weighted by Crippen LogP contribution is 2.07. The number of carbonyl (C=O) groups is 1. The molecule has 3 nitrogen and oxygen atoms in total. The van der Waals surface area contributed by atoms with Gasteiger partial charge in [0, 0.05) is 0 Å². The number of ether oxygens (including phenoxy) is 2. The summed E-state index contributed by atoms with van der Waals surface area (Å²) in [6.45, 7) is 2.91. The van der Waals surface area contributed by atoms with Crippen molar-refractivity contribution in [2.45, 2.75) is 6.92 Å². The van der Waals surface area contributed by atoms with Gasteiger partial charge in [-0.2, -0.15) is 0 Å². The third-order valence-corrected chi connectivity index (χ3v) is 1.35. The van der Waals surface area contributed by atoms with Crippen molar-refractivity contribution in [1.82, 2.24) is 0 Å². The fourth-order valence-corrected chi connectivity index (χ4v) is 0.824. The predicted octanol–water partition coefficient (Wildman–Crippen LogP) is 1.79. The molecule has 1 aromatic rings. The largest absolute Gasteiger partial charge is 0.482 e. The summed E-state index contributed by atoms with van der Waals surface area (Å²) < 4.78 is 9.70. The fourth-order valence-electron chi connectivity index (χ4n) is 0.824. The molecule has 0 amide bonds. The maximum atomic E-state index is 10.8. The van der Waals surface area contributed by atoms with E-state index in [1.54, 1.807) is 19.1 Å². The molecule has 0 heterocycles. The Morgan fingerprint density at radius 1 is 1.38 bits per heavy atom. The highest BCUT2D eigenvalue weighted by Gasteiger charge is 2.01. The highest BCUT2D eigenvalue weighted by molar-refractivity contribution is 5.71. The molecule has 0 saturated carbocycles. The van der Waals surface area contributed by atoms with E-state index >= 15 is 0 Å². The predicted molar refractivity (Wildman–Crippen MR) is 48.0 cm³/mol. The quantitative estimate of drug-likeness (QED) is 0.661. The Bertz CT molecular complexity index is 256. The van der Waals surface area contributed by atoms with Crippen LogP contribution in [0.4, 0.5) is 0 Å². The summed E-state index contributed by atoms with van der Waals surface area (Å²) in [5.41, 5.74) is 0. The minimum absolute atomic E-state index is 0.0612. The molecular weight excluding hydrogens is 168 g/mol. The lowest BCUT2D eigenvalue weighted by Gasteiger charge is -2.04. The van der Waals surface area contributed by atoms with Gasteiger partial charge < -0.3 is 9.47 Å². The third kappa shape index (κ3) is 3.60. The molecule has 3 heteroatoms. The topological polar surface area (TPSA) is 35.5 Å². The van der Waals surface area contributed by atoms with Gasteiger partial charge in [0.15, 0.2) is 6.61 Å². The Balaban J connectivity index is 2.31. The van der Waals surface area contributed by atoms with E-state index < -0.39 is 5.97 Å². The Kier molecular flexibility index (Phi) is 3.82. The summed E-state index contributed by atoms with van der Waals surface area (Å²) in [6, 6.07) is 9.12. The number of carbonyl (C=O) groups excluding carboxylic acids is 1. The van der Waals surface area contributed by atoms with Crippen molar-refractivity contribution in [3.05, 3.63) is 36.9 Å². The van der Waals surface area contributed by atoms with Crippen LogP contribution in [0, 0.1) is 6.61 Å². The summed E-state index contributed by atoms with van der Waals surface area (Å²) in [5.74, 6) is 0.266. The van der Waals surface area contributed by atoms with Gasteiger partial charge in [-0.15, -0.1) is 0 Å². The molecule has 0 aliphatic heterocycles. The van der Waals surface area contributed by atoms with Crippen molar-refractivity contribution in [2.24, 2.45) is 0 Å². The van der Waals surface area contributed by atoms with Crippen molar-refractivity contribution >= 4 is 5.97 Å². The smallest absolute Gasteiger partial charge is 0.344 e. The van der Waals surface area contributed by atoms with Crippen LogP contribution in [0.3, 0.4) is 0 Å². The lowest BCUT2D eigenvalue weighted by Crippen LogP contribution is -2.12. The lowest BCUT2D eigenvalue weighted by molar-refractivity contribution is -0.142. The van der Waals surface area contributed by atoms with Crippen LogP contribution in [0.15, 0.2) is 30.3 Å². The molecule has 0 bridgehead atoms. The van der Waals surface area contributed by atoms with E-state index in [9.17, 15) is 4.79 Å². The van der Waals surface area contributed by atoms with E-state index in [0.29, 0.717) is 5.75 Å². The van der Waals surface area contributed by atoms with Gasteiger partial charge in [0.25, 0.3) is 0 Å². The molecule has 0 saturated heterocycles. The van der Waals surface area contributed by atoms with Crippen molar-refractivity contribution in [3.8, 4) is 5.75 Å². The summed E-state index contributed by atoms with van der Waals surface area (Å²) in [6.07, 6.45) is 0. The van der Waals surface area contributed by atoms with Crippen LogP contribution < -0.4 is 4.74 Å². The van der Waals surface area contributed by atoms with Gasteiger partial charge in [-0.1, -0.05) is 18.2 Å². The molecule has 0 unspecified atom stereocenters. The maximum Gasteiger partial charge on any atom is 0.344 e. The van der Waals surface area contributed by atoms with E-state index in [-0.39, 0.29) is 6.61 Å². The second-order valence-electron chi connectivity index (χ2n) is 2.33. The summed E-state index contributed by atoms with van der Waals surface area (Å²) in [5, 5.41) is 0. The van der Waals surface area contributed by atoms with E-state index in [1.807, 2.05) is 18.2 Å². The third-order valence-electron chi connectivity index (χ3n) is 1.35. The molecule has 0 aromatic heterocycles. The van der Waals surface area contributed by atoms with Gasteiger partial charge in [0.1, 0.15) is 12.4 Å². The maximum absolute atomic E-state index is 10.8. The molecule has 0 aliphatic rings. The average molecular weight is 179 g/mol. The van der Waals surface area contributed by atoms with Crippen LogP contribution >= 0.6 is 0 Å². The first-order valence-electron chi connectivity index (χ1n) is 3.98. The van der Waals surface area contributed by atoms with Crippen molar-refractivity contribution in [3.63, 3.8) is 0 Å². The first kappa shape index (κ1) is 9.58. The molecule has 0 spiro atoms. The molecule has 0 fully saturated rings. The molecular formula is C10H11O3. The van der Waals surface area contributed by atoms with E-state index in [0.717, 1.165) is 0 Å². The monoisotopic (exact) mass is 179 g/mol. The number of hydrogen-bond acceptors (Lipinski definition) is 3. The zero-order valence-corrected chi connectivity index (χ0v) is 7.40. The zero-order valence-electron chi connectivity index (χ0n) is 7.40. The number of para-hydroxylation sites is 1. The molecule has 69 valence electrons. The normalized spacial score (nSPS) is 9.31. The standard InChI is InChI=1S/C10H11O3/c1-2-12-10(11)8-13-9-6-4-3-5-7-9/h2-7H,8H2,1H3. The van der Waals surface area contributed by atoms with Crippen molar-refractivity contribution in [1.29, 1.82) is 0 Å². The average Bonchev–Trinajstić information content (AvgIpc) is 2.17. The van der Waals surface area contributed by atoms with Gasteiger partial charge in [-0.05, 0) is 19.1 Å². The number of esters is 1.